The molecule has 2 heteroatoms. The van der Waals surface area contributed by atoms with E-state index >= 15 is 0 Å². The van der Waals surface area contributed by atoms with Crippen molar-refractivity contribution in [2.75, 3.05) is 7.11 Å². The second kappa shape index (κ2) is 5.38. The Morgan fingerprint density at radius 2 is 1.67 bits per heavy atom. The summed E-state index contributed by atoms with van der Waals surface area (Å²) in [5.74, 6) is 1.48. The fraction of sp³-hybridized carbons (Fsp3) is 1.00. The topological polar surface area (TPSA) is 9.23 Å². The molecule has 0 aromatic heterocycles. The molecule has 0 N–H and O–H groups in total. The zero-order chi connectivity index (χ0) is 11.5. The summed E-state index contributed by atoms with van der Waals surface area (Å²) < 4.78 is 5.82. The summed E-state index contributed by atoms with van der Waals surface area (Å²) in [5.41, 5.74) is 0. The highest BCUT2D eigenvalue weighted by atomic mass is 16.4. The van der Waals surface area contributed by atoms with Crippen LogP contribution in [0.4, 0.5) is 0 Å². The maximum atomic E-state index is 5.82. The summed E-state index contributed by atoms with van der Waals surface area (Å²) in [5, 5.41) is 0.302. The van der Waals surface area contributed by atoms with E-state index in [4.69, 9.17) is 4.65 Å². The van der Waals surface area contributed by atoms with Crippen molar-refractivity contribution in [1.82, 2.24) is 0 Å². The first-order valence-corrected chi connectivity index (χ1v) is 6.53. The molecule has 0 spiro atoms. The first-order chi connectivity index (χ1) is 7.00. The Morgan fingerprint density at radius 3 is 2.07 bits per heavy atom. The lowest BCUT2D eigenvalue weighted by atomic mass is 9.35. The molecular weight excluding hydrogens is 183 g/mol. The van der Waals surface area contributed by atoms with Gasteiger partial charge in [-0.2, -0.15) is 0 Å². The van der Waals surface area contributed by atoms with Crippen LogP contribution in [0.1, 0.15) is 59.8 Å². The van der Waals surface area contributed by atoms with Gasteiger partial charge in [-0.3, -0.25) is 0 Å². The Kier molecular flexibility index (Phi) is 4.70. The lowest BCUT2D eigenvalue weighted by Gasteiger charge is -2.39. The van der Waals surface area contributed by atoms with Crippen molar-refractivity contribution in [2.24, 2.45) is 5.92 Å². The summed E-state index contributed by atoms with van der Waals surface area (Å²) in [6, 6.07) is 0. The van der Waals surface area contributed by atoms with E-state index in [1.807, 2.05) is 7.11 Å². The molecule has 0 aliphatic heterocycles. The van der Waals surface area contributed by atoms with Gasteiger partial charge in [-0.05, 0) is 17.0 Å². The van der Waals surface area contributed by atoms with E-state index in [1.54, 1.807) is 0 Å². The molecule has 1 fully saturated rings. The monoisotopic (exact) mass is 210 g/mol. The SMILES string of the molecule is COB(C1CCCCC1)C(C)(C)C(C)C. The van der Waals surface area contributed by atoms with Crippen molar-refractivity contribution in [3.8, 4) is 0 Å². The van der Waals surface area contributed by atoms with E-state index < -0.39 is 0 Å². The van der Waals surface area contributed by atoms with Crippen LogP contribution in [0.2, 0.25) is 11.1 Å². The third-order valence-corrected chi connectivity index (χ3v) is 4.55. The fourth-order valence-electron chi connectivity index (χ4n) is 2.87. The molecule has 0 bridgehead atoms. The summed E-state index contributed by atoms with van der Waals surface area (Å²) in [6.45, 7) is 9.79. The van der Waals surface area contributed by atoms with E-state index in [9.17, 15) is 0 Å². The van der Waals surface area contributed by atoms with Crippen LogP contribution in [-0.2, 0) is 4.65 Å². The van der Waals surface area contributed by atoms with Gasteiger partial charge in [0.05, 0.1) is 0 Å². The fourth-order valence-corrected chi connectivity index (χ4v) is 2.87. The molecule has 0 aromatic carbocycles. The van der Waals surface area contributed by atoms with Crippen molar-refractivity contribution in [2.45, 2.75) is 70.9 Å². The molecular formula is C13H27BO. The number of hydrogen-bond acceptors (Lipinski definition) is 1. The molecule has 0 atom stereocenters. The molecule has 15 heavy (non-hydrogen) atoms. The third-order valence-electron chi connectivity index (χ3n) is 4.55. The van der Waals surface area contributed by atoms with Gasteiger partial charge in [0.15, 0.2) is 0 Å². The molecule has 0 unspecified atom stereocenters. The van der Waals surface area contributed by atoms with Crippen LogP contribution < -0.4 is 0 Å². The Bertz CT molecular complexity index is 183. The summed E-state index contributed by atoms with van der Waals surface area (Å²) in [7, 11) is 1.89. The lowest BCUT2D eigenvalue weighted by Crippen LogP contribution is -2.39. The molecule has 1 aliphatic rings. The van der Waals surface area contributed by atoms with Gasteiger partial charge >= 0.3 is 6.92 Å². The molecule has 1 saturated carbocycles. The zero-order valence-electron chi connectivity index (χ0n) is 11.2. The molecule has 0 saturated heterocycles. The number of hydrogen-bond donors (Lipinski definition) is 0. The van der Waals surface area contributed by atoms with E-state index in [1.165, 1.54) is 32.1 Å². The first kappa shape index (κ1) is 13.1. The standard InChI is InChI=1S/C13H27BO/c1-11(2)13(3,4)14(15-5)12-9-7-6-8-10-12/h11-12H,6-10H2,1-5H3. The first-order valence-electron chi connectivity index (χ1n) is 6.53. The van der Waals surface area contributed by atoms with Crippen LogP contribution in [0, 0.1) is 5.92 Å². The molecule has 0 amide bonds. The summed E-state index contributed by atoms with van der Waals surface area (Å²) in [4.78, 5) is 0. The molecule has 1 rings (SSSR count). The lowest BCUT2D eigenvalue weighted by molar-refractivity contribution is 0.317. The maximum absolute atomic E-state index is 5.82. The smallest absolute Gasteiger partial charge is 0.301 e. The van der Waals surface area contributed by atoms with E-state index in [0.29, 0.717) is 18.1 Å². The normalized spacial score (nSPS) is 19.6. The Labute approximate surface area is 96.1 Å². The van der Waals surface area contributed by atoms with Crippen LogP contribution in [0.3, 0.4) is 0 Å². The highest BCUT2D eigenvalue weighted by Gasteiger charge is 2.42. The maximum Gasteiger partial charge on any atom is 0.301 e. The van der Waals surface area contributed by atoms with Gasteiger partial charge in [-0.1, -0.05) is 59.8 Å². The second-order valence-electron chi connectivity index (χ2n) is 6.03. The average molecular weight is 210 g/mol. The van der Waals surface area contributed by atoms with Crippen LogP contribution >= 0.6 is 0 Å². The Balaban J connectivity index is 2.68. The van der Waals surface area contributed by atoms with Gasteiger partial charge in [0, 0.05) is 7.11 Å². The van der Waals surface area contributed by atoms with Crippen molar-refractivity contribution < 1.29 is 4.65 Å². The molecule has 0 radical (unpaired) electrons. The van der Waals surface area contributed by atoms with Crippen molar-refractivity contribution in [3.63, 3.8) is 0 Å². The summed E-state index contributed by atoms with van der Waals surface area (Å²) >= 11 is 0. The molecule has 0 aromatic rings. The van der Waals surface area contributed by atoms with Gasteiger partial charge in [-0.25, -0.2) is 0 Å². The van der Waals surface area contributed by atoms with Crippen LogP contribution in [-0.4, -0.2) is 14.0 Å². The van der Waals surface area contributed by atoms with Gasteiger partial charge in [-0.15, -0.1) is 0 Å². The van der Waals surface area contributed by atoms with Crippen LogP contribution in [0.25, 0.3) is 0 Å². The third kappa shape index (κ3) is 2.99. The zero-order valence-corrected chi connectivity index (χ0v) is 11.2. The average Bonchev–Trinajstić information content (AvgIpc) is 2.19. The van der Waals surface area contributed by atoms with Crippen LogP contribution in [0.15, 0.2) is 0 Å². The largest absolute Gasteiger partial charge is 0.438 e. The quantitative estimate of drug-likeness (QED) is 0.625. The predicted octanol–water partition coefficient (Wildman–Crippen LogP) is 4.39. The Morgan fingerprint density at radius 1 is 1.13 bits per heavy atom. The van der Waals surface area contributed by atoms with Crippen molar-refractivity contribution >= 4 is 6.92 Å². The van der Waals surface area contributed by atoms with Gasteiger partial charge in [0.2, 0.25) is 0 Å². The van der Waals surface area contributed by atoms with Crippen molar-refractivity contribution in [3.05, 3.63) is 0 Å². The van der Waals surface area contributed by atoms with Gasteiger partial charge in [0.25, 0.3) is 0 Å². The Hall–Kier alpha value is 0.0249. The minimum Gasteiger partial charge on any atom is -0.438 e. The molecule has 1 nitrogen and oxygen atoms in total. The molecule has 0 heterocycles. The molecule has 88 valence electrons. The number of rotatable bonds is 4. The van der Waals surface area contributed by atoms with Gasteiger partial charge < -0.3 is 4.65 Å². The van der Waals surface area contributed by atoms with E-state index in [2.05, 4.69) is 27.7 Å². The minimum atomic E-state index is 0.302. The minimum absolute atomic E-state index is 0.302. The second-order valence-corrected chi connectivity index (χ2v) is 6.03. The highest BCUT2D eigenvalue weighted by molar-refractivity contribution is 6.57. The molecule has 1 aliphatic carbocycles. The highest BCUT2D eigenvalue weighted by Crippen LogP contribution is 2.46. The summed E-state index contributed by atoms with van der Waals surface area (Å²) in [6.07, 6.45) is 6.97. The van der Waals surface area contributed by atoms with Crippen LogP contribution in [0.5, 0.6) is 0 Å². The predicted molar refractivity (Wildman–Crippen MR) is 68.5 cm³/mol. The van der Waals surface area contributed by atoms with Crippen molar-refractivity contribution in [1.29, 1.82) is 0 Å². The van der Waals surface area contributed by atoms with E-state index in [-0.39, 0.29) is 0 Å². The van der Waals surface area contributed by atoms with E-state index in [0.717, 1.165) is 5.82 Å². The van der Waals surface area contributed by atoms with Gasteiger partial charge in [0.1, 0.15) is 0 Å².